The second-order valence-corrected chi connectivity index (χ2v) is 13.3. The number of halogens is 4. The van der Waals surface area contributed by atoms with Crippen molar-refractivity contribution >= 4 is 66.8 Å². The smallest absolute Gasteiger partial charge is 0.327 e. The molecule has 43 heavy (non-hydrogen) atoms. The van der Waals surface area contributed by atoms with Crippen LogP contribution in [0, 0.1) is 22.7 Å². The molecule has 1 aliphatic carbocycles. The van der Waals surface area contributed by atoms with Crippen LogP contribution in [0.5, 0.6) is 0 Å². The largest absolute Gasteiger partial charge is 0.468 e. The number of hydrogen-bond acceptors (Lipinski definition) is 5. The molecular weight excluding hydrogens is 717 g/mol. The summed E-state index contributed by atoms with van der Waals surface area (Å²) in [6, 6.07) is 29.7. The molecule has 0 bridgehead atoms. The molecule has 0 amide bonds. The summed E-state index contributed by atoms with van der Waals surface area (Å²) in [5, 5.41) is 25.0. The summed E-state index contributed by atoms with van der Waals surface area (Å²) in [5.74, 6) is -4.58. The zero-order valence-electron chi connectivity index (χ0n) is 22.8. The van der Waals surface area contributed by atoms with Crippen LogP contribution in [-0.2, 0) is 15.1 Å². The van der Waals surface area contributed by atoms with Gasteiger partial charge in [-0.05, 0) is 83.8 Å². The first-order chi connectivity index (χ1) is 20.5. The monoisotopic (exact) mass is 739 g/mol. The molecule has 218 valence electrons. The molecule has 0 aliphatic heterocycles. The summed E-state index contributed by atoms with van der Waals surface area (Å²) in [4.78, 5) is 28.8. The van der Waals surface area contributed by atoms with Gasteiger partial charge >= 0.3 is 5.97 Å². The van der Waals surface area contributed by atoms with Crippen molar-refractivity contribution in [2.75, 3.05) is 7.11 Å². The van der Waals surface area contributed by atoms with Crippen molar-refractivity contribution < 1.29 is 19.4 Å². The lowest BCUT2D eigenvalue weighted by molar-refractivity contribution is -0.162. The van der Waals surface area contributed by atoms with Crippen LogP contribution < -0.4 is 0 Å². The molecule has 5 nitrogen and oxygen atoms in total. The molecule has 1 fully saturated rings. The number of ketones is 1. The number of carbonyl (C=O) groups is 2. The molecule has 1 N–H and O–H groups in total. The lowest BCUT2D eigenvalue weighted by Gasteiger charge is -2.54. The molecule has 0 spiro atoms. The second-order valence-electron chi connectivity index (χ2n) is 10.6. The van der Waals surface area contributed by atoms with Crippen LogP contribution in [0.2, 0.25) is 10.0 Å². The Labute approximate surface area is 276 Å². The Bertz CT molecular complexity index is 1720. The molecule has 1 aliphatic rings. The first kappa shape index (κ1) is 31.4. The quantitative estimate of drug-likeness (QED) is 0.158. The van der Waals surface area contributed by atoms with E-state index < -0.39 is 40.5 Å². The highest BCUT2D eigenvalue weighted by molar-refractivity contribution is 9.10. The Morgan fingerprint density at radius 1 is 0.884 bits per heavy atom. The number of nitriles is 1. The summed E-state index contributed by atoms with van der Waals surface area (Å²) in [7, 11) is 1.23. The van der Waals surface area contributed by atoms with Gasteiger partial charge in [-0.1, -0.05) is 91.5 Å². The van der Waals surface area contributed by atoms with E-state index in [2.05, 4.69) is 37.9 Å². The van der Waals surface area contributed by atoms with Crippen molar-refractivity contribution in [1.29, 1.82) is 5.26 Å². The van der Waals surface area contributed by atoms with Gasteiger partial charge in [0, 0.05) is 36.4 Å². The van der Waals surface area contributed by atoms with E-state index >= 15 is 0 Å². The number of methoxy groups -OCH3 is 1. The minimum atomic E-state index is -1.91. The summed E-state index contributed by atoms with van der Waals surface area (Å²) in [6.45, 7) is 0. The third-order valence-electron chi connectivity index (χ3n) is 8.33. The SMILES string of the molecule is COC(=O)[C@]1(C#N)[C@@H](c2cccc(Br)c2)C[C@](O)(c2ccc(Cl)cc2)[C@H](C(=O)c2ccc(Cl)cc2)[C@@H]1c1cccc(Br)c1. The lowest BCUT2D eigenvalue weighted by Crippen LogP contribution is -2.59. The van der Waals surface area contributed by atoms with Gasteiger partial charge in [-0.3, -0.25) is 9.59 Å². The van der Waals surface area contributed by atoms with E-state index in [0.717, 1.165) is 4.47 Å². The molecule has 4 aromatic rings. The zero-order chi connectivity index (χ0) is 30.9. The normalized spacial score (nSPS) is 25.0. The number of esters is 1. The highest BCUT2D eigenvalue weighted by Gasteiger charge is 2.67. The number of Topliss-reactive ketones (excluding diaryl/α,β-unsaturated/α-hetero) is 1. The van der Waals surface area contributed by atoms with Crippen molar-refractivity contribution in [3.63, 3.8) is 0 Å². The van der Waals surface area contributed by atoms with Crippen molar-refractivity contribution in [2.24, 2.45) is 11.3 Å². The Kier molecular flexibility index (Phi) is 9.18. The molecule has 9 heteroatoms. The average molecular weight is 742 g/mol. The van der Waals surface area contributed by atoms with Gasteiger partial charge in [-0.15, -0.1) is 0 Å². The summed E-state index contributed by atoms with van der Waals surface area (Å²) >= 11 is 19.4. The van der Waals surface area contributed by atoms with Crippen molar-refractivity contribution in [2.45, 2.75) is 23.9 Å². The van der Waals surface area contributed by atoms with Crippen LogP contribution in [0.4, 0.5) is 0 Å². The number of rotatable bonds is 6. The first-order valence-corrected chi connectivity index (χ1v) is 15.7. The Balaban J connectivity index is 1.91. The van der Waals surface area contributed by atoms with Gasteiger partial charge in [0.2, 0.25) is 0 Å². The predicted molar refractivity (Wildman–Crippen MR) is 173 cm³/mol. The Morgan fingerprint density at radius 2 is 1.42 bits per heavy atom. The molecule has 0 saturated heterocycles. The van der Waals surface area contributed by atoms with E-state index in [9.17, 15) is 20.0 Å². The third-order valence-corrected chi connectivity index (χ3v) is 9.82. The predicted octanol–water partition coefficient (Wildman–Crippen LogP) is 8.86. The highest BCUT2D eigenvalue weighted by atomic mass is 79.9. The minimum Gasteiger partial charge on any atom is -0.468 e. The fourth-order valence-electron chi connectivity index (χ4n) is 6.44. The fraction of sp³-hybridized carbons (Fsp3) is 0.206. The van der Waals surface area contributed by atoms with Crippen LogP contribution in [0.3, 0.4) is 0 Å². The van der Waals surface area contributed by atoms with Gasteiger partial charge in [0.1, 0.15) is 5.60 Å². The second kappa shape index (κ2) is 12.6. The van der Waals surface area contributed by atoms with Gasteiger partial charge in [-0.2, -0.15) is 5.26 Å². The average Bonchev–Trinajstić information content (AvgIpc) is 3.00. The molecule has 5 atom stereocenters. The van der Waals surface area contributed by atoms with E-state index in [1.54, 1.807) is 72.8 Å². The molecule has 0 unspecified atom stereocenters. The van der Waals surface area contributed by atoms with Crippen molar-refractivity contribution in [3.8, 4) is 6.07 Å². The van der Waals surface area contributed by atoms with E-state index in [1.165, 1.54) is 7.11 Å². The van der Waals surface area contributed by atoms with Crippen LogP contribution in [0.1, 0.15) is 45.3 Å². The molecule has 0 radical (unpaired) electrons. The molecular formula is C34H25Br2Cl2NO4. The van der Waals surface area contributed by atoms with Gasteiger partial charge < -0.3 is 9.84 Å². The van der Waals surface area contributed by atoms with E-state index in [4.69, 9.17) is 27.9 Å². The van der Waals surface area contributed by atoms with Crippen LogP contribution >= 0.6 is 55.1 Å². The summed E-state index contributed by atoms with van der Waals surface area (Å²) in [6.07, 6.45) is -0.137. The maximum absolute atomic E-state index is 14.7. The number of benzene rings is 4. The third kappa shape index (κ3) is 5.68. The van der Waals surface area contributed by atoms with Crippen LogP contribution in [-0.4, -0.2) is 24.0 Å². The molecule has 5 rings (SSSR count). The van der Waals surface area contributed by atoms with Crippen LogP contribution in [0.25, 0.3) is 0 Å². The lowest BCUT2D eigenvalue weighted by atomic mass is 9.47. The van der Waals surface area contributed by atoms with Crippen LogP contribution in [0.15, 0.2) is 106 Å². The summed E-state index contributed by atoms with van der Waals surface area (Å²) in [5.41, 5.74) is -1.91. The van der Waals surface area contributed by atoms with Gasteiger partial charge in [0.15, 0.2) is 11.2 Å². The molecule has 0 heterocycles. The number of hydrogen-bond donors (Lipinski definition) is 1. The standard InChI is InChI=1S/C34H25Br2Cl2NO4/c1-43-32(41)33(19-39)28(21-4-2-6-24(35)16-21)18-34(42,23-10-14-27(38)15-11-23)30(29(33)22-5-3-7-25(36)17-22)31(40)20-8-12-26(37)13-9-20/h2-17,28-30,42H,18H2,1H3/t28-,29+,30+,33-,34+/m1/s1. The Morgan fingerprint density at radius 3 is 1.95 bits per heavy atom. The van der Waals surface area contributed by atoms with Crippen molar-refractivity contribution in [3.05, 3.63) is 138 Å². The van der Waals surface area contributed by atoms with Gasteiger partial charge in [0.05, 0.1) is 19.1 Å². The number of carbonyl (C=O) groups excluding carboxylic acids is 2. The molecule has 0 aromatic heterocycles. The minimum absolute atomic E-state index is 0.137. The topological polar surface area (TPSA) is 87.4 Å². The van der Waals surface area contributed by atoms with Crippen molar-refractivity contribution in [1.82, 2.24) is 0 Å². The zero-order valence-corrected chi connectivity index (χ0v) is 27.5. The Hall–Kier alpha value is -2.99. The van der Waals surface area contributed by atoms with E-state index in [0.29, 0.717) is 31.2 Å². The van der Waals surface area contributed by atoms with Gasteiger partial charge in [0.25, 0.3) is 0 Å². The molecule has 4 aromatic carbocycles. The first-order valence-electron chi connectivity index (χ1n) is 13.3. The van der Waals surface area contributed by atoms with E-state index in [1.807, 2.05) is 24.3 Å². The maximum Gasteiger partial charge on any atom is 0.327 e. The fourth-order valence-corrected chi connectivity index (χ4v) is 7.53. The summed E-state index contributed by atoms with van der Waals surface area (Å²) < 4.78 is 6.79. The maximum atomic E-state index is 14.7. The molecule has 1 saturated carbocycles. The van der Waals surface area contributed by atoms with Gasteiger partial charge in [-0.25, -0.2) is 0 Å². The number of nitrogens with zero attached hydrogens (tertiary/aromatic N) is 1. The van der Waals surface area contributed by atoms with E-state index in [-0.39, 0.29) is 12.0 Å². The number of ether oxygens (including phenoxy) is 1. The number of aliphatic hydroxyl groups is 1. The highest BCUT2D eigenvalue weighted by Crippen LogP contribution is 2.64.